The third-order valence-electron chi connectivity index (χ3n) is 5.25. The number of imidazole rings is 1. The predicted octanol–water partition coefficient (Wildman–Crippen LogP) is 2.95. The van der Waals surface area contributed by atoms with Gasteiger partial charge in [0.2, 0.25) is 0 Å². The first-order chi connectivity index (χ1) is 13.2. The summed E-state index contributed by atoms with van der Waals surface area (Å²) in [7, 11) is 0. The molecular weight excluding hydrogens is 340 g/mol. The van der Waals surface area contributed by atoms with Crippen molar-refractivity contribution in [3.8, 4) is 11.4 Å². The SMILES string of the molecule is CCn1nccc1C(=O)N1CCC(n2c(C)cnc2-c2cccnc2)CC1. The quantitative estimate of drug-likeness (QED) is 0.714. The van der Waals surface area contributed by atoms with Gasteiger partial charge in [0.1, 0.15) is 11.5 Å². The molecule has 3 aromatic heterocycles. The largest absolute Gasteiger partial charge is 0.337 e. The molecule has 1 amide bonds. The summed E-state index contributed by atoms with van der Waals surface area (Å²) in [6, 6.07) is 6.11. The zero-order valence-electron chi connectivity index (χ0n) is 15.7. The Labute approximate surface area is 158 Å². The summed E-state index contributed by atoms with van der Waals surface area (Å²) in [6.07, 6.45) is 9.06. The molecule has 0 bridgehead atoms. The van der Waals surface area contributed by atoms with Gasteiger partial charge < -0.3 is 9.47 Å². The lowest BCUT2D eigenvalue weighted by Crippen LogP contribution is -2.40. The molecule has 0 unspecified atom stereocenters. The van der Waals surface area contributed by atoms with Crippen LogP contribution < -0.4 is 0 Å². The van der Waals surface area contributed by atoms with Gasteiger partial charge in [0, 0.05) is 61.7 Å². The van der Waals surface area contributed by atoms with Crippen molar-refractivity contribution >= 4 is 5.91 Å². The Morgan fingerprint density at radius 2 is 2.00 bits per heavy atom. The highest BCUT2D eigenvalue weighted by Crippen LogP contribution is 2.30. The lowest BCUT2D eigenvalue weighted by Gasteiger charge is -2.34. The van der Waals surface area contributed by atoms with E-state index >= 15 is 0 Å². The molecule has 4 rings (SSSR count). The Hall–Kier alpha value is -2.96. The van der Waals surface area contributed by atoms with E-state index in [1.165, 1.54) is 0 Å². The molecule has 27 heavy (non-hydrogen) atoms. The van der Waals surface area contributed by atoms with Gasteiger partial charge in [-0.2, -0.15) is 5.10 Å². The number of likely N-dealkylation sites (tertiary alicyclic amines) is 1. The zero-order valence-corrected chi connectivity index (χ0v) is 15.7. The molecule has 0 spiro atoms. The van der Waals surface area contributed by atoms with Crippen LogP contribution in [-0.4, -0.2) is 48.2 Å². The Morgan fingerprint density at radius 1 is 1.19 bits per heavy atom. The van der Waals surface area contributed by atoms with Crippen LogP contribution in [0.3, 0.4) is 0 Å². The van der Waals surface area contributed by atoms with Gasteiger partial charge >= 0.3 is 0 Å². The number of aromatic nitrogens is 5. The fourth-order valence-electron chi connectivity index (χ4n) is 3.87. The normalized spacial score (nSPS) is 15.3. The molecule has 0 aromatic carbocycles. The van der Waals surface area contributed by atoms with Gasteiger partial charge in [-0.25, -0.2) is 4.98 Å². The minimum atomic E-state index is 0.0719. The summed E-state index contributed by atoms with van der Waals surface area (Å²) in [6.45, 7) is 6.26. The van der Waals surface area contributed by atoms with Crippen LogP contribution in [0.25, 0.3) is 11.4 Å². The molecule has 3 aromatic rings. The maximum absolute atomic E-state index is 12.8. The van der Waals surface area contributed by atoms with Crippen molar-refractivity contribution in [2.75, 3.05) is 13.1 Å². The van der Waals surface area contributed by atoms with Crippen LogP contribution in [0.15, 0.2) is 43.0 Å². The van der Waals surface area contributed by atoms with Gasteiger partial charge in [-0.05, 0) is 44.9 Å². The first-order valence-electron chi connectivity index (χ1n) is 9.44. The van der Waals surface area contributed by atoms with Crippen molar-refractivity contribution in [3.63, 3.8) is 0 Å². The maximum Gasteiger partial charge on any atom is 0.272 e. The predicted molar refractivity (Wildman–Crippen MR) is 102 cm³/mol. The molecule has 140 valence electrons. The molecule has 1 aliphatic heterocycles. The number of hydrogen-bond acceptors (Lipinski definition) is 4. The fourth-order valence-corrected chi connectivity index (χ4v) is 3.87. The van der Waals surface area contributed by atoms with E-state index in [0.29, 0.717) is 18.3 Å². The van der Waals surface area contributed by atoms with E-state index in [-0.39, 0.29) is 5.91 Å². The number of carbonyl (C=O) groups is 1. The van der Waals surface area contributed by atoms with E-state index in [0.717, 1.165) is 43.0 Å². The molecule has 7 heteroatoms. The summed E-state index contributed by atoms with van der Waals surface area (Å²) in [4.78, 5) is 23.6. The summed E-state index contributed by atoms with van der Waals surface area (Å²) in [5.74, 6) is 1.03. The highest BCUT2D eigenvalue weighted by atomic mass is 16.2. The summed E-state index contributed by atoms with van der Waals surface area (Å²) < 4.78 is 4.06. The number of nitrogens with zero attached hydrogens (tertiary/aromatic N) is 6. The number of hydrogen-bond donors (Lipinski definition) is 0. The third kappa shape index (κ3) is 3.25. The van der Waals surface area contributed by atoms with Crippen molar-refractivity contribution in [2.24, 2.45) is 0 Å². The van der Waals surface area contributed by atoms with Crippen LogP contribution in [0.2, 0.25) is 0 Å². The smallest absolute Gasteiger partial charge is 0.272 e. The molecule has 1 fully saturated rings. The molecular formula is C20H24N6O. The molecule has 0 saturated carbocycles. The molecule has 0 aliphatic carbocycles. The monoisotopic (exact) mass is 364 g/mol. The third-order valence-corrected chi connectivity index (χ3v) is 5.25. The van der Waals surface area contributed by atoms with Crippen molar-refractivity contribution in [2.45, 2.75) is 39.3 Å². The van der Waals surface area contributed by atoms with E-state index in [1.807, 2.05) is 36.4 Å². The molecule has 0 radical (unpaired) electrons. The molecule has 1 aliphatic rings. The van der Waals surface area contributed by atoms with Crippen LogP contribution in [-0.2, 0) is 6.54 Å². The van der Waals surface area contributed by atoms with Crippen molar-refractivity contribution in [1.29, 1.82) is 0 Å². The van der Waals surface area contributed by atoms with E-state index < -0.39 is 0 Å². The number of rotatable bonds is 4. The Balaban J connectivity index is 1.51. The van der Waals surface area contributed by atoms with Gasteiger partial charge in [-0.1, -0.05) is 0 Å². The summed E-state index contributed by atoms with van der Waals surface area (Å²) in [5, 5.41) is 4.21. The minimum Gasteiger partial charge on any atom is -0.337 e. The second-order valence-electron chi connectivity index (χ2n) is 6.89. The van der Waals surface area contributed by atoms with Gasteiger partial charge in [-0.15, -0.1) is 0 Å². The van der Waals surface area contributed by atoms with Gasteiger partial charge in [0.15, 0.2) is 0 Å². The summed E-state index contributed by atoms with van der Waals surface area (Å²) in [5.41, 5.74) is 2.84. The molecule has 0 atom stereocenters. The van der Waals surface area contributed by atoms with Crippen molar-refractivity contribution < 1.29 is 4.79 Å². The van der Waals surface area contributed by atoms with Crippen LogP contribution in [0.1, 0.15) is 42.0 Å². The second-order valence-corrected chi connectivity index (χ2v) is 6.89. The lowest BCUT2D eigenvalue weighted by atomic mass is 10.0. The van der Waals surface area contributed by atoms with E-state index in [9.17, 15) is 4.79 Å². The van der Waals surface area contributed by atoms with Crippen LogP contribution in [0, 0.1) is 6.92 Å². The fraction of sp³-hybridized carbons (Fsp3) is 0.400. The Morgan fingerprint density at radius 3 is 2.70 bits per heavy atom. The Kier molecular flexibility index (Phi) is 4.75. The number of pyridine rings is 1. The molecule has 0 N–H and O–H groups in total. The number of piperidine rings is 1. The van der Waals surface area contributed by atoms with Crippen LogP contribution in [0.5, 0.6) is 0 Å². The summed E-state index contributed by atoms with van der Waals surface area (Å²) >= 11 is 0. The van der Waals surface area contributed by atoms with E-state index in [2.05, 4.69) is 26.6 Å². The van der Waals surface area contributed by atoms with Gasteiger partial charge in [-0.3, -0.25) is 14.5 Å². The minimum absolute atomic E-state index is 0.0719. The molecule has 4 heterocycles. The first-order valence-corrected chi connectivity index (χ1v) is 9.44. The molecule has 1 saturated heterocycles. The van der Waals surface area contributed by atoms with E-state index in [4.69, 9.17) is 0 Å². The topological polar surface area (TPSA) is 68.8 Å². The first kappa shape index (κ1) is 17.5. The zero-order chi connectivity index (χ0) is 18.8. The lowest BCUT2D eigenvalue weighted by molar-refractivity contribution is 0.0682. The van der Waals surface area contributed by atoms with Crippen molar-refractivity contribution in [3.05, 3.63) is 54.4 Å². The standard InChI is InChI=1S/C20H24N6O/c1-3-25-18(6-10-23-25)20(27)24-11-7-17(8-12-24)26-15(2)13-22-19(26)16-5-4-9-21-14-16/h4-6,9-10,13-14,17H,3,7-8,11-12H2,1-2H3. The maximum atomic E-state index is 12.8. The average molecular weight is 364 g/mol. The number of aryl methyl sites for hydroxylation is 2. The van der Waals surface area contributed by atoms with Crippen molar-refractivity contribution in [1.82, 2.24) is 29.2 Å². The number of amides is 1. The highest BCUT2D eigenvalue weighted by Gasteiger charge is 2.28. The average Bonchev–Trinajstić information content (AvgIpc) is 3.34. The Bertz CT molecular complexity index is 921. The van der Waals surface area contributed by atoms with Crippen LogP contribution >= 0.6 is 0 Å². The highest BCUT2D eigenvalue weighted by molar-refractivity contribution is 5.92. The number of carbonyl (C=O) groups excluding carboxylic acids is 1. The van der Waals surface area contributed by atoms with Crippen LogP contribution in [0.4, 0.5) is 0 Å². The second kappa shape index (κ2) is 7.34. The van der Waals surface area contributed by atoms with E-state index in [1.54, 1.807) is 23.1 Å². The van der Waals surface area contributed by atoms with Gasteiger partial charge in [0.25, 0.3) is 5.91 Å². The molecule has 7 nitrogen and oxygen atoms in total. The van der Waals surface area contributed by atoms with Gasteiger partial charge in [0.05, 0.1) is 0 Å².